The van der Waals surface area contributed by atoms with Gasteiger partial charge in [-0.25, -0.2) is 0 Å². The molecule has 0 N–H and O–H groups in total. The summed E-state index contributed by atoms with van der Waals surface area (Å²) in [5.74, 6) is 0. The Balaban J connectivity index is 0.0000000960. The van der Waals surface area contributed by atoms with Gasteiger partial charge >= 0.3 is 0 Å². The first-order chi connectivity index (χ1) is 69.1. The van der Waals surface area contributed by atoms with Crippen molar-refractivity contribution in [2.45, 2.75) is 0 Å². The fourth-order valence-corrected chi connectivity index (χ4v) is 24.6. The molecule has 9 heterocycles. The summed E-state index contributed by atoms with van der Waals surface area (Å²) in [5, 5.41) is 16.3. The van der Waals surface area contributed by atoms with E-state index in [-0.39, 0.29) is 21.7 Å². The van der Waals surface area contributed by atoms with Crippen LogP contribution in [0.2, 0.25) is 0 Å². The first-order valence-corrected chi connectivity index (χ1v) is 49.3. The highest BCUT2D eigenvalue weighted by molar-refractivity contribution is 7.27. The maximum absolute atomic E-state index is 13.8. The van der Waals surface area contributed by atoms with Crippen molar-refractivity contribution in [2.24, 2.45) is 0 Å². The minimum atomic E-state index is -0.0126. The van der Waals surface area contributed by atoms with Gasteiger partial charge in [-0.15, -0.1) is 45.3 Å². The molecule has 0 radical (unpaired) electrons. The molecule has 0 spiro atoms. The monoisotopic (exact) mass is 1870 g/mol. The number of hydrogen-bond acceptors (Lipinski definition) is 15. The zero-order valence-electron chi connectivity index (χ0n) is 74.4. The van der Waals surface area contributed by atoms with E-state index in [1.54, 1.807) is 45.3 Å². The van der Waals surface area contributed by atoms with Crippen LogP contribution in [-0.2, 0) is 0 Å². The maximum atomic E-state index is 13.8. The van der Waals surface area contributed by atoms with Crippen molar-refractivity contribution in [3.8, 4) is 5.69 Å². The van der Waals surface area contributed by atoms with E-state index in [9.17, 15) is 19.2 Å². The van der Waals surface area contributed by atoms with Crippen LogP contribution in [0.4, 0.5) is 51.2 Å². The number of thiophene rings is 4. The van der Waals surface area contributed by atoms with Gasteiger partial charge in [-0.1, -0.05) is 231 Å². The summed E-state index contributed by atoms with van der Waals surface area (Å²) < 4.78 is 36.5. The molecule has 0 saturated heterocycles. The Morgan fingerprint density at radius 1 is 0.179 bits per heavy atom. The molecular weight excluding hydrogens is 1800 g/mol. The average molecular weight is 1880 g/mol. The van der Waals surface area contributed by atoms with Crippen molar-refractivity contribution in [3.05, 3.63) is 490 Å². The molecule has 140 heavy (non-hydrogen) atoms. The molecule has 0 aliphatic carbocycles. The molecule has 16 heteroatoms. The highest BCUT2D eigenvalue weighted by atomic mass is 32.1. The van der Waals surface area contributed by atoms with Crippen molar-refractivity contribution in [3.63, 3.8) is 0 Å². The molecule has 12 nitrogen and oxygen atoms in total. The second-order valence-corrected chi connectivity index (χ2v) is 38.8. The molecule has 0 unspecified atom stereocenters. The van der Waals surface area contributed by atoms with E-state index in [4.69, 9.17) is 17.7 Å². The number of fused-ring (bicyclic) bond motifs is 23. The third-order valence-electron chi connectivity index (χ3n) is 26.3. The number of rotatable bonds is 10. The van der Waals surface area contributed by atoms with Crippen molar-refractivity contribution < 1.29 is 17.7 Å². The molecule has 0 atom stereocenters. The van der Waals surface area contributed by atoms with Gasteiger partial charge in [0.2, 0.25) is 21.7 Å². The molecule has 0 aliphatic heterocycles. The Labute approximate surface area is 812 Å². The Kier molecular flexibility index (Phi) is 20.3. The van der Waals surface area contributed by atoms with Crippen molar-refractivity contribution in [1.29, 1.82) is 0 Å². The minimum Gasteiger partial charge on any atom is -0.456 e. The van der Waals surface area contributed by atoms with E-state index in [0.29, 0.717) is 87.8 Å². The topological polar surface area (TPSA) is 135 Å². The van der Waals surface area contributed by atoms with Crippen molar-refractivity contribution >= 4 is 287 Å². The highest BCUT2D eigenvalue weighted by Gasteiger charge is 2.26. The zero-order chi connectivity index (χ0) is 93.2. The van der Waals surface area contributed by atoms with Gasteiger partial charge in [-0.2, -0.15) is 0 Å². The van der Waals surface area contributed by atoms with E-state index < -0.39 is 0 Å². The molecule has 9 aromatic heterocycles. The fourth-order valence-electron chi connectivity index (χ4n) is 19.9. The Morgan fingerprint density at radius 3 is 0.943 bits per heavy atom. The van der Waals surface area contributed by atoms with Gasteiger partial charge < -0.3 is 36.9 Å². The summed E-state index contributed by atoms with van der Waals surface area (Å²) in [6.45, 7) is 0. The summed E-state index contributed by atoms with van der Waals surface area (Å²) in [6, 6.07) is 151. The molecule has 29 rings (SSSR count). The normalized spacial score (nSPS) is 11.7. The molecule has 0 amide bonds. The van der Waals surface area contributed by atoms with Crippen LogP contribution < -0.4 is 36.4 Å². The maximum Gasteiger partial charge on any atom is 0.200 e. The largest absolute Gasteiger partial charge is 0.456 e. The molecule has 20 aromatic carbocycles. The lowest BCUT2D eigenvalue weighted by atomic mass is 10.1. The minimum absolute atomic E-state index is 0.00875. The van der Waals surface area contributed by atoms with Crippen molar-refractivity contribution in [2.75, 3.05) is 14.7 Å². The predicted octanol–water partition coefficient (Wildman–Crippen LogP) is 34.8. The Bertz CT molecular complexity index is 10100. The first-order valence-electron chi connectivity index (χ1n) is 46.0. The van der Waals surface area contributed by atoms with Gasteiger partial charge in [0.25, 0.3) is 0 Å². The number of para-hydroxylation sites is 12. The van der Waals surface area contributed by atoms with Crippen LogP contribution in [0.5, 0.6) is 0 Å². The second-order valence-electron chi connectivity index (χ2n) is 34.5. The number of anilines is 9. The van der Waals surface area contributed by atoms with Crippen molar-refractivity contribution in [1.82, 2.24) is 4.57 Å². The van der Waals surface area contributed by atoms with Gasteiger partial charge in [-0.05, 0) is 218 Å². The standard InChI is InChI=1S/C31H17NO2S.3C31H19NO2S/c33-30-21-10-3-6-15-27(21)34-28-17-29-22(16-23(28)30)20-11-7-14-26(31(20)35-29)32-24-12-4-1-8-18(24)19-9-2-5-13-25(19)32;33-30-23-14-7-8-17-27(23)34-28-19-29-24(18-25(28)30)22-15-9-16-26(31(22)35-29)32(20-10-3-1-4-11-20)21-12-5-2-6-13-21;33-30-23-15-9-16-26(32(20-10-3-1-4-11-20)21-12-5-2-6-13-21)31(23)34-27-19-29-24(18-25(27)30)22-14-7-8-17-28(22)35-29;33-31-23-13-7-8-14-27(23)34-28-19-30-25(18-26(28)31)24-17-22(15-16-29(24)35-30)32(20-9-3-1-4-10-20)21-11-5-2-6-12-21/h1-17H;3*1-19H. The Hall–Kier alpha value is -17.6. The van der Waals surface area contributed by atoms with Crippen LogP contribution in [0.25, 0.3) is 196 Å². The Morgan fingerprint density at radius 2 is 0.486 bits per heavy atom. The quantitative estimate of drug-likeness (QED) is 0.121. The van der Waals surface area contributed by atoms with Gasteiger partial charge in [0.05, 0.1) is 80.6 Å². The molecule has 0 fully saturated rings. The third kappa shape index (κ3) is 14.2. The van der Waals surface area contributed by atoms with Gasteiger partial charge in [-0.3, -0.25) is 19.2 Å². The van der Waals surface area contributed by atoms with Gasteiger partial charge in [0.1, 0.15) is 39.1 Å². The first kappa shape index (κ1) is 83.0. The fraction of sp³-hybridized carbons (Fsp3) is 0. The molecule has 0 saturated carbocycles. The highest BCUT2D eigenvalue weighted by Crippen LogP contribution is 2.50. The average Bonchev–Trinajstić information content (AvgIpc) is 0.915. The van der Waals surface area contributed by atoms with E-state index >= 15 is 0 Å². The predicted molar refractivity (Wildman–Crippen MR) is 590 cm³/mol. The number of benzene rings is 20. The number of hydrogen-bond donors (Lipinski definition) is 0. The van der Waals surface area contributed by atoms with E-state index in [2.05, 4.69) is 256 Å². The second kappa shape index (κ2) is 34.3. The smallest absolute Gasteiger partial charge is 0.200 e. The SMILES string of the molecule is O=c1c2cc3c(cc2oc2c(N(c4ccccc4)c4ccccc4)cccc12)sc1ccccc13.O=c1c2ccccc2oc2cc3sc4c(-n5c6ccccc6c6ccccc65)cccc4c3cc12.O=c1c2ccccc2oc2cc3sc4c(N(c5ccccc5)c5ccccc5)cccc4c3cc12.O=c1c2ccccc2oc2cc3sc4ccc(N(c5ccccc5)c5ccccc5)cc4c3cc12. The summed E-state index contributed by atoms with van der Waals surface area (Å²) in [6.07, 6.45) is 0. The summed E-state index contributed by atoms with van der Waals surface area (Å²) in [5.41, 5.74) is 17.8. The van der Waals surface area contributed by atoms with Crippen LogP contribution in [0.15, 0.2) is 486 Å². The van der Waals surface area contributed by atoms with E-state index in [1.165, 1.54) is 46.0 Å². The lowest BCUT2D eigenvalue weighted by Crippen LogP contribution is -2.11. The molecule has 29 aromatic rings. The molecule has 0 bridgehead atoms. The van der Waals surface area contributed by atoms with Crippen LogP contribution in [0, 0.1) is 0 Å². The van der Waals surface area contributed by atoms with Crippen LogP contribution in [0.3, 0.4) is 0 Å². The lowest BCUT2D eigenvalue weighted by molar-refractivity contribution is 0.660. The summed E-state index contributed by atoms with van der Waals surface area (Å²) in [7, 11) is 0. The summed E-state index contributed by atoms with van der Waals surface area (Å²) in [4.78, 5) is 60.3. The van der Waals surface area contributed by atoms with Crippen LogP contribution in [0.1, 0.15) is 0 Å². The van der Waals surface area contributed by atoms with Gasteiger partial charge in [0, 0.05) is 122 Å². The zero-order valence-corrected chi connectivity index (χ0v) is 77.7. The molecule has 662 valence electrons. The third-order valence-corrected chi connectivity index (χ3v) is 31.0. The van der Waals surface area contributed by atoms with E-state index in [1.807, 2.05) is 212 Å². The summed E-state index contributed by atoms with van der Waals surface area (Å²) >= 11 is 6.91. The van der Waals surface area contributed by atoms with Crippen LogP contribution in [-0.4, -0.2) is 4.57 Å². The molecule has 0 aliphatic rings. The number of nitrogens with zero attached hydrogens (tertiary/aromatic N) is 4. The number of aromatic nitrogens is 1. The van der Waals surface area contributed by atoms with E-state index in [0.717, 1.165) is 113 Å². The van der Waals surface area contributed by atoms with Gasteiger partial charge in [0.15, 0.2) is 5.58 Å². The lowest BCUT2D eigenvalue weighted by Gasteiger charge is -2.25. The molecular formula is C124H74N4O8S4. The van der Waals surface area contributed by atoms with Crippen LogP contribution >= 0.6 is 45.3 Å².